The molecule has 7 heteroatoms. The van der Waals surface area contributed by atoms with E-state index in [4.69, 9.17) is 11.1 Å². The average molecular weight is 329 g/mol. The Morgan fingerprint density at radius 3 is 2.82 bits per heavy atom. The zero-order chi connectivity index (χ0) is 12.4. The summed E-state index contributed by atoms with van der Waals surface area (Å²) < 4.78 is 1.80. The Labute approximate surface area is 115 Å². The molecule has 1 aromatic heterocycles. The molecule has 0 bridgehead atoms. The predicted molar refractivity (Wildman–Crippen MR) is 73.9 cm³/mol. The molecule has 4 nitrogen and oxygen atoms in total. The van der Waals surface area contributed by atoms with Crippen LogP contribution in [0.4, 0.5) is 0 Å². The number of nitrogens with zero attached hydrogens (tertiary/aromatic N) is 2. The van der Waals surface area contributed by atoms with Gasteiger partial charge in [0.1, 0.15) is 10.8 Å². The van der Waals surface area contributed by atoms with Crippen LogP contribution in [-0.4, -0.2) is 16.0 Å². The summed E-state index contributed by atoms with van der Waals surface area (Å²) in [6.07, 6.45) is 0. The molecule has 0 aliphatic rings. The number of halogens is 1. The van der Waals surface area contributed by atoms with Crippen molar-refractivity contribution in [2.75, 3.05) is 0 Å². The Kier molecular flexibility index (Phi) is 3.80. The Hall–Kier alpha value is -0.920. The first-order chi connectivity index (χ1) is 8.06. The van der Waals surface area contributed by atoms with Crippen LogP contribution in [0.5, 0.6) is 0 Å². The third-order valence-corrected chi connectivity index (χ3v) is 4.38. The van der Waals surface area contributed by atoms with E-state index < -0.39 is 0 Å². The van der Waals surface area contributed by atoms with Gasteiger partial charge in [0, 0.05) is 14.9 Å². The van der Waals surface area contributed by atoms with Crippen LogP contribution in [0.25, 0.3) is 0 Å². The van der Waals surface area contributed by atoms with Crippen molar-refractivity contribution in [1.29, 1.82) is 5.41 Å². The highest BCUT2D eigenvalue weighted by molar-refractivity contribution is 9.10. The van der Waals surface area contributed by atoms with Crippen LogP contribution in [0, 0.1) is 12.3 Å². The third-order valence-electron chi connectivity index (χ3n) is 1.94. The first kappa shape index (κ1) is 12.5. The zero-order valence-corrected chi connectivity index (χ0v) is 12.1. The summed E-state index contributed by atoms with van der Waals surface area (Å²) in [6.45, 7) is 1.91. The quantitative estimate of drug-likeness (QED) is 0.670. The van der Waals surface area contributed by atoms with Gasteiger partial charge in [0.2, 0.25) is 0 Å². The van der Waals surface area contributed by atoms with Crippen LogP contribution in [0.3, 0.4) is 0 Å². The van der Waals surface area contributed by atoms with Crippen molar-refractivity contribution in [3.63, 3.8) is 0 Å². The Morgan fingerprint density at radius 1 is 1.47 bits per heavy atom. The van der Waals surface area contributed by atoms with Crippen LogP contribution in [0.2, 0.25) is 0 Å². The van der Waals surface area contributed by atoms with Gasteiger partial charge in [-0.1, -0.05) is 39.0 Å². The van der Waals surface area contributed by atoms with E-state index in [9.17, 15) is 0 Å². The molecule has 0 amide bonds. The highest BCUT2D eigenvalue weighted by atomic mass is 79.9. The van der Waals surface area contributed by atoms with E-state index in [1.54, 1.807) is 0 Å². The van der Waals surface area contributed by atoms with Gasteiger partial charge in [-0.3, -0.25) is 5.41 Å². The summed E-state index contributed by atoms with van der Waals surface area (Å²) in [5.74, 6) is 0.0567. The van der Waals surface area contributed by atoms with E-state index in [-0.39, 0.29) is 5.84 Å². The molecule has 2 rings (SSSR count). The number of aryl methyl sites for hydroxylation is 1. The van der Waals surface area contributed by atoms with Gasteiger partial charge in [-0.2, -0.15) is 0 Å². The van der Waals surface area contributed by atoms with Crippen LogP contribution >= 0.6 is 39.0 Å². The van der Waals surface area contributed by atoms with E-state index in [1.807, 2.05) is 25.1 Å². The maximum Gasteiger partial charge on any atom is 0.179 e. The number of nitrogen functional groups attached to an aromatic ring is 1. The van der Waals surface area contributed by atoms with E-state index in [0.717, 1.165) is 18.7 Å². The van der Waals surface area contributed by atoms with E-state index in [1.165, 1.54) is 23.1 Å². The zero-order valence-electron chi connectivity index (χ0n) is 8.90. The minimum absolute atomic E-state index is 0.0567. The number of amidine groups is 1. The molecule has 3 N–H and O–H groups in total. The second-order valence-corrected chi connectivity index (χ2v) is 6.63. The van der Waals surface area contributed by atoms with Gasteiger partial charge >= 0.3 is 0 Å². The van der Waals surface area contributed by atoms with Crippen molar-refractivity contribution < 1.29 is 0 Å². The van der Waals surface area contributed by atoms with Gasteiger partial charge in [-0.15, -0.1) is 10.2 Å². The summed E-state index contributed by atoms with van der Waals surface area (Å²) in [5.41, 5.74) is 6.26. The fourth-order valence-electron chi connectivity index (χ4n) is 1.22. The molecule has 0 radical (unpaired) electrons. The SMILES string of the molecule is Cc1nnc(Sc2cc(Br)ccc2C(=N)N)s1. The standard InChI is InChI=1S/C10H9BrN4S2/c1-5-14-15-10(16-5)17-8-4-6(11)2-3-7(8)9(12)13/h2-4H,1H3,(H3,12,13). The van der Waals surface area contributed by atoms with Crippen molar-refractivity contribution in [2.24, 2.45) is 5.73 Å². The number of aromatic nitrogens is 2. The first-order valence-corrected chi connectivity index (χ1v) is 7.11. The van der Waals surface area contributed by atoms with Gasteiger partial charge in [0.05, 0.1) is 0 Å². The minimum atomic E-state index is 0.0567. The number of nitrogens with one attached hydrogen (secondary N) is 1. The summed E-state index contributed by atoms with van der Waals surface area (Å²) >= 11 is 6.40. The van der Waals surface area contributed by atoms with Gasteiger partial charge in [0.15, 0.2) is 4.34 Å². The van der Waals surface area contributed by atoms with Crippen molar-refractivity contribution >= 4 is 44.9 Å². The third kappa shape index (κ3) is 3.05. The smallest absolute Gasteiger partial charge is 0.179 e. The number of hydrogen-bond donors (Lipinski definition) is 2. The van der Waals surface area contributed by atoms with Crippen molar-refractivity contribution in [2.45, 2.75) is 16.2 Å². The van der Waals surface area contributed by atoms with Crippen molar-refractivity contribution in [3.8, 4) is 0 Å². The van der Waals surface area contributed by atoms with Crippen LogP contribution in [-0.2, 0) is 0 Å². The summed E-state index contributed by atoms with van der Waals surface area (Å²) in [6, 6.07) is 5.62. The van der Waals surface area contributed by atoms with Crippen molar-refractivity contribution in [1.82, 2.24) is 10.2 Å². The first-order valence-electron chi connectivity index (χ1n) is 4.68. The Balaban J connectivity index is 2.37. The molecule has 0 aliphatic carbocycles. The van der Waals surface area contributed by atoms with Crippen LogP contribution < -0.4 is 5.73 Å². The number of hydrogen-bond acceptors (Lipinski definition) is 5. The highest BCUT2D eigenvalue weighted by Gasteiger charge is 2.10. The molecular formula is C10H9BrN4S2. The predicted octanol–water partition coefficient (Wildman–Crippen LogP) is 3.04. The Morgan fingerprint density at radius 2 is 2.24 bits per heavy atom. The second-order valence-electron chi connectivity index (χ2n) is 3.24. The van der Waals surface area contributed by atoms with E-state index in [2.05, 4.69) is 26.1 Å². The number of rotatable bonds is 3. The van der Waals surface area contributed by atoms with E-state index >= 15 is 0 Å². The molecule has 88 valence electrons. The minimum Gasteiger partial charge on any atom is -0.384 e. The summed E-state index contributed by atoms with van der Waals surface area (Å²) in [7, 11) is 0. The maximum atomic E-state index is 7.53. The molecule has 0 atom stereocenters. The normalized spacial score (nSPS) is 10.5. The average Bonchev–Trinajstić information content (AvgIpc) is 2.63. The van der Waals surface area contributed by atoms with E-state index in [0.29, 0.717) is 5.56 Å². The number of benzene rings is 1. The summed E-state index contributed by atoms with van der Waals surface area (Å²) in [4.78, 5) is 0.906. The lowest BCUT2D eigenvalue weighted by atomic mass is 10.2. The molecule has 1 heterocycles. The molecule has 0 saturated carbocycles. The van der Waals surface area contributed by atoms with Gasteiger partial charge in [0.25, 0.3) is 0 Å². The van der Waals surface area contributed by atoms with Gasteiger partial charge < -0.3 is 5.73 Å². The molecule has 2 aromatic rings. The molecular weight excluding hydrogens is 320 g/mol. The molecule has 1 aromatic carbocycles. The molecule has 0 saturated heterocycles. The molecule has 0 fully saturated rings. The van der Waals surface area contributed by atoms with Crippen LogP contribution in [0.15, 0.2) is 31.9 Å². The maximum absolute atomic E-state index is 7.53. The molecule has 0 spiro atoms. The largest absolute Gasteiger partial charge is 0.384 e. The molecule has 0 unspecified atom stereocenters. The lowest BCUT2D eigenvalue weighted by Gasteiger charge is -2.06. The topological polar surface area (TPSA) is 75.7 Å². The molecule has 17 heavy (non-hydrogen) atoms. The lowest BCUT2D eigenvalue weighted by molar-refractivity contribution is 0.983. The highest BCUT2D eigenvalue weighted by Crippen LogP contribution is 2.33. The summed E-state index contributed by atoms with van der Waals surface area (Å²) in [5, 5.41) is 16.5. The monoisotopic (exact) mass is 328 g/mol. The Bertz CT molecular complexity index is 567. The second kappa shape index (κ2) is 5.16. The fraction of sp³-hybridized carbons (Fsp3) is 0.100. The van der Waals surface area contributed by atoms with Gasteiger partial charge in [-0.25, -0.2) is 0 Å². The van der Waals surface area contributed by atoms with Crippen LogP contribution in [0.1, 0.15) is 10.6 Å². The van der Waals surface area contributed by atoms with Gasteiger partial charge in [-0.05, 0) is 25.1 Å². The lowest BCUT2D eigenvalue weighted by Crippen LogP contribution is -2.12. The van der Waals surface area contributed by atoms with Crippen molar-refractivity contribution in [3.05, 3.63) is 33.2 Å². The number of nitrogens with two attached hydrogens (primary N) is 1. The molecule has 0 aliphatic heterocycles. The fourth-order valence-corrected chi connectivity index (χ4v) is 3.69.